The van der Waals surface area contributed by atoms with E-state index < -0.39 is 5.82 Å². The van der Waals surface area contributed by atoms with Gasteiger partial charge in [0.25, 0.3) is 0 Å². The van der Waals surface area contributed by atoms with Crippen LogP contribution in [-0.2, 0) is 0 Å². The van der Waals surface area contributed by atoms with Crippen LogP contribution in [0.15, 0.2) is 12.1 Å². The van der Waals surface area contributed by atoms with Gasteiger partial charge in [0.2, 0.25) is 12.5 Å². The Balaban J connectivity index is 2.59. The molecule has 0 atom stereocenters. The lowest BCUT2D eigenvalue weighted by molar-refractivity contribution is 0.101. The van der Waals surface area contributed by atoms with Crippen molar-refractivity contribution < 1.29 is 18.7 Å². The Morgan fingerprint density at radius 1 is 1.46 bits per heavy atom. The van der Waals surface area contributed by atoms with Crippen LogP contribution in [0.2, 0.25) is 0 Å². The van der Waals surface area contributed by atoms with Crippen LogP contribution in [0.4, 0.5) is 4.39 Å². The first-order chi connectivity index (χ1) is 6.20. The number of fused-ring (bicyclic) bond motifs is 1. The standard InChI is InChI=1S/C9H7FO3/c1-5(11)6-2-3-7-9(8(6)10)13-4-12-7/h2-3H,4H2,1H3. The number of benzene rings is 1. The van der Waals surface area contributed by atoms with Gasteiger partial charge in [0.05, 0.1) is 5.56 Å². The summed E-state index contributed by atoms with van der Waals surface area (Å²) in [6, 6.07) is 2.92. The van der Waals surface area contributed by atoms with E-state index >= 15 is 0 Å². The van der Waals surface area contributed by atoms with Gasteiger partial charge in [-0.05, 0) is 19.1 Å². The molecule has 0 saturated heterocycles. The van der Waals surface area contributed by atoms with Gasteiger partial charge in [-0.25, -0.2) is 4.39 Å². The molecular formula is C9H7FO3. The number of hydrogen-bond acceptors (Lipinski definition) is 3. The maximum Gasteiger partial charge on any atom is 0.231 e. The van der Waals surface area contributed by atoms with Crippen LogP contribution in [0.5, 0.6) is 11.5 Å². The molecule has 68 valence electrons. The molecule has 0 saturated carbocycles. The summed E-state index contributed by atoms with van der Waals surface area (Å²) in [6.07, 6.45) is 0. The Morgan fingerprint density at radius 2 is 2.23 bits per heavy atom. The lowest BCUT2D eigenvalue weighted by Crippen LogP contribution is -1.98. The molecule has 0 unspecified atom stereocenters. The van der Waals surface area contributed by atoms with E-state index in [1.807, 2.05) is 0 Å². The molecule has 0 amide bonds. The van der Waals surface area contributed by atoms with Gasteiger partial charge >= 0.3 is 0 Å². The number of Topliss-reactive ketones (excluding diaryl/α,β-unsaturated/α-hetero) is 1. The maximum atomic E-state index is 13.4. The van der Waals surface area contributed by atoms with Crippen molar-refractivity contribution in [2.45, 2.75) is 6.92 Å². The minimum absolute atomic E-state index is 0.00755. The van der Waals surface area contributed by atoms with E-state index in [9.17, 15) is 9.18 Å². The fourth-order valence-corrected chi connectivity index (χ4v) is 1.21. The molecule has 0 fully saturated rings. The van der Waals surface area contributed by atoms with Crippen molar-refractivity contribution in [2.24, 2.45) is 0 Å². The summed E-state index contributed by atoms with van der Waals surface area (Å²) in [5.74, 6) is -0.575. The molecule has 0 aromatic heterocycles. The quantitative estimate of drug-likeness (QED) is 0.621. The molecule has 0 spiro atoms. The molecule has 1 aliphatic heterocycles. The number of rotatable bonds is 1. The lowest BCUT2D eigenvalue weighted by atomic mass is 10.1. The van der Waals surface area contributed by atoms with Gasteiger partial charge in [0.15, 0.2) is 17.3 Å². The zero-order chi connectivity index (χ0) is 9.42. The molecule has 0 aliphatic carbocycles. The van der Waals surface area contributed by atoms with Gasteiger partial charge in [-0.1, -0.05) is 0 Å². The highest BCUT2D eigenvalue weighted by Gasteiger charge is 2.22. The molecule has 0 N–H and O–H groups in total. The predicted molar refractivity (Wildman–Crippen MR) is 42.5 cm³/mol. The molecular weight excluding hydrogens is 175 g/mol. The van der Waals surface area contributed by atoms with Crippen LogP contribution in [-0.4, -0.2) is 12.6 Å². The number of carbonyl (C=O) groups excluding carboxylic acids is 1. The fourth-order valence-electron chi connectivity index (χ4n) is 1.21. The predicted octanol–water partition coefficient (Wildman–Crippen LogP) is 1.76. The van der Waals surface area contributed by atoms with Crippen molar-refractivity contribution in [3.63, 3.8) is 0 Å². The summed E-state index contributed by atoms with van der Waals surface area (Å²) < 4.78 is 23.2. The van der Waals surface area contributed by atoms with E-state index in [0.29, 0.717) is 5.75 Å². The Labute approximate surface area is 74.1 Å². The van der Waals surface area contributed by atoms with Crippen LogP contribution < -0.4 is 9.47 Å². The first kappa shape index (κ1) is 8.04. The number of hydrogen-bond donors (Lipinski definition) is 0. The topological polar surface area (TPSA) is 35.5 Å². The fraction of sp³-hybridized carbons (Fsp3) is 0.222. The first-order valence-electron chi connectivity index (χ1n) is 3.79. The van der Waals surface area contributed by atoms with Gasteiger partial charge in [-0.15, -0.1) is 0 Å². The summed E-state index contributed by atoms with van der Waals surface area (Å²) in [4.78, 5) is 10.9. The van der Waals surface area contributed by atoms with Crippen LogP contribution in [0.3, 0.4) is 0 Å². The number of halogens is 1. The van der Waals surface area contributed by atoms with E-state index in [1.165, 1.54) is 19.1 Å². The van der Waals surface area contributed by atoms with Crippen molar-refractivity contribution in [2.75, 3.05) is 6.79 Å². The van der Waals surface area contributed by atoms with Crippen LogP contribution in [0.1, 0.15) is 17.3 Å². The van der Waals surface area contributed by atoms with Crippen LogP contribution >= 0.6 is 0 Å². The molecule has 1 aliphatic rings. The van der Waals surface area contributed by atoms with Crippen molar-refractivity contribution in [1.82, 2.24) is 0 Å². The van der Waals surface area contributed by atoms with Crippen LogP contribution in [0.25, 0.3) is 0 Å². The molecule has 0 radical (unpaired) electrons. The molecule has 3 nitrogen and oxygen atoms in total. The normalized spacial score (nSPS) is 13.1. The molecule has 1 aromatic rings. The van der Waals surface area contributed by atoms with Crippen molar-refractivity contribution in [3.05, 3.63) is 23.5 Å². The Bertz CT molecular complexity index is 373. The largest absolute Gasteiger partial charge is 0.453 e. The van der Waals surface area contributed by atoms with Crippen molar-refractivity contribution in [3.8, 4) is 11.5 Å². The summed E-state index contributed by atoms with van der Waals surface area (Å²) in [5.41, 5.74) is 0.0317. The zero-order valence-electron chi connectivity index (χ0n) is 6.96. The third-order valence-electron chi connectivity index (χ3n) is 1.86. The van der Waals surface area contributed by atoms with E-state index in [1.54, 1.807) is 0 Å². The van der Waals surface area contributed by atoms with Gasteiger partial charge in [-0.3, -0.25) is 4.79 Å². The first-order valence-corrected chi connectivity index (χ1v) is 3.79. The highest BCUT2D eigenvalue weighted by atomic mass is 19.1. The number of carbonyl (C=O) groups is 1. The van der Waals surface area contributed by atoms with Gasteiger partial charge in [0, 0.05) is 0 Å². The van der Waals surface area contributed by atoms with E-state index in [2.05, 4.69) is 0 Å². The van der Waals surface area contributed by atoms with Crippen molar-refractivity contribution in [1.29, 1.82) is 0 Å². The van der Waals surface area contributed by atoms with Gasteiger partial charge in [0.1, 0.15) is 0 Å². The Kier molecular flexibility index (Phi) is 1.69. The minimum atomic E-state index is -0.637. The van der Waals surface area contributed by atoms with Crippen LogP contribution in [0, 0.1) is 5.82 Å². The highest BCUT2D eigenvalue weighted by molar-refractivity contribution is 5.95. The van der Waals surface area contributed by atoms with E-state index in [-0.39, 0.29) is 23.9 Å². The Hall–Kier alpha value is -1.58. The molecule has 4 heteroatoms. The number of ether oxygens (including phenoxy) is 2. The second-order valence-electron chi connectivity index (χ2n) is 2.72. The molecule has 0 bridgehead atoms. The smallest absolute Gasteiger partial charge is 0.231 e. The molecule has 1 aromatic carbocycles. The summed E-state index contributed by atoms with van der Waals surface area (Å²) in [5, 5.41) is 0. The van der Waals surface area contributed by atoms with E-state index in [0.717, 1.165) is 0 Å². The third-order valence-corrected chi connectivity index (χ3v) is 1.86. The summed E-state index contributed by atoms with van der Waals surface area (Å²) >= 11 is 0. The third kappa shape index (κ3) is 1.14. The van der Waals surface area contributed by atoms with Gasteiger partial charge < -0.3 is 9.47 Å². The average Bonchev–Trinajstić information content (AvgIpc) is 2.52. The SMILES string of the molecule is CC(=O)c1ccc2c(c1F)OCO2. The molecule has 2 rings (SSSR count). The monoisotopic (exact) mass is 182 g/mol. The number of ketones is 1. The second kappa shape index (κ2) is 2.73. The summed E-state index contributed by atoms with van der Waals surface area (Å²) in [7, 11) is 0. The Morgan fingerprint density at radius 3 is 2.92 bits per heavy atom. The highest BCUT2D eigenvalue weighted by Crippen LogP contribution is 2.36. The van der Waals surface area contributed by atoms with Crippen molar-refractivity contribution >= 4 is 5.78 Å². The van der Waals surface area contributed by atoms with Gasteiger partial charge in [-0.2, -0.15) is 0 Å². The lowest BCUT2D eigenvalue weighted by Gasteiger charge is -2.01. The summed E-state index contributed by atoms with van der Waals surface area (Å²) in [6.45, 7) is 1.31. The molecule has 1 heterocycles. The minimum Gasteiger partial charge on any atom is -0.453 e. The molecule has 13 heavy (non-hydrogen) atoms. The second-order valence-corrected chi connectivity index (χ2v) is 2.72. The van der Waals surface area contributed by atoms with E-state index in [4.69, 9.17) is 9.47 Å². The maximum absolute atomic E-state index is 13.4. The zero-order valence-corrected chi connectivity index (χ0v) is 6.96. The average molecular weight is 182 g/mol.